The summed E-state index contributed by atoms with van der Waals surface area (Å²) in [6.45, 7) is 0. The number of aromatic nitrogens is 1. The van der Waals surface area contributed by atoms with Crippen molar-refractivity contribution in [1.29, 1.82) is 0 Å². The van der Waals surface area contributed by atoms with Crippen molar-refractivity contribution in [3.05, 3.63) is 70.9 Å². The molecule has 0 atom stereocenters. The van der Waals surface area contributed by atoms with Gasteiger partial charge in [-0.15, -0.1) is 0 Å². The van der Waals surface area contributed by atoms with Gasteiger partial charge in [-0.3, -0.25) is 4.79 Å². The number of thiazole rings is 1. The van der Waals surface area contributed by atoms with Gasteiger partial charge < -0.3 is 4.90 Å². The molecule has 0 N–H and O–H groups in total. The van der Waals surface area contributed by atoms with E-state index < -0.39 is 0 Å². The Morgan fingerprint density at radius 1 is 1.15 bits per heavy atom. The monoisotopic (exact) mass is 382 g/mol. The molecular formula is C19H15ClN4OS. The third-order valence-corrected chi connectivity index (χ3v) is 5.07. The maximum Gasteiger partial charge on any atom is 0.284 e. The molecule has 0 unspecified atom stereocenters. The predicted molar refractivity (Wildman–Crippen MR) is 107 cm³/mol. The fourth-order valence-corrected chi connectivity index (χ4v) is 3.82. The number of hydrogen-bond donors (Lipinski definition) is 0. The van der Waals surface area contributed by atoms with Crippen LogP contribution in [0.25, 0.3) is 10.2 Å². The molecule has 0 aliphatic carbocycles. The number of amides is 1. The Morgan fingerprint density at radius 3 is 2.69 bits per heavy atom. The van der Waals surface area contributed by atoms with Gasteiger partial charge in [-0.25, -0.2) is 4.98 Å². The molecule has 1 aliphatic heterocycles. The van der Waals surface area contributed by atoms with Crippen LogP contribution < -0.4 is 5.01 Å². The summed E-state index contributed by atoms with van der Waals surface area (Å²) in [5, 5.41) is 7.10. The van der Waals surface area contributed by atoms with Crippen molar-refractivity contribution in [2.75, 3.05) is 19.1 Å². The highest BCUT2D eigenvalue weighted by Crippen LogP contribution is 2.33. The largest absolute Gasteiger partial charge is 0.383 e. The predicted octanol–water partition coefficient (Wildman–Crippen LogP) is 4.15. The maximum absolute atomic E-state index is 13.0. The summed E-state index contributed by atoms with van der Waals surface area (Å²) in [5.41, 5.74) is 2.74. The summed E-state index contributed by atoms with van der Waals surface area (Å²) in [4.78, 5) is 19.4. The van der Waals surface area contributed by atoms with Crippen molar-refractivity contribution in [3.63, 3.8) is 0 Å². The van der Waals surface area contributed by atoms with Crippen molar-refractivity contribution in [2.24, 2.45) is 5.10 Å². The van der Waals surface area contributed by atoms with Gasteiger partial charge in [0.15, 0.2) is 0 Å². The van der Waals surface area contributed by atoms with Crippen LogP contribution in [0.2, 0.25) is 5.02 Å². The highest BCUT2D eigenvalue weighted by Gasteiger charge is 2.34. The first-order chi connectivity index (χ1) is 12.5. The number of carbonyl (C=O) groups is 1. The summed E-state index contributed by atoms with van der Waals surface area (Å²) in [5.74, 6) is -0.201. The third kappa shape index (κ3) is 2.98. The molecular weight excluding hydrogens is 368 g/mol. The molecule has 5 nitrogen and oxygen atoms in total. The molecule has 0 fully saturated rings. The van der Waals surface area contributed by atoms with E-state index in [0.717, 1.165) is 15.8 Å². The standard InChI is InChI=1S/C19H15ClN4OS/c1-23(2)11-14-17(12-6-5-7-13(20)10-12)22-24(18(14)25)19-21-15-8-3-4-9-16(15)26-19/h3-11H,1-2H3. The van der Waals surface area contributed by atoms with Gasteiger partial charge in [-0.1, -0.05) is 47.2 Å². The Hall–Kier alpha value is -2.70. The zero-order valence-corrected chi connectivity index (χ0v) is 15.8. The molecule has 0 bridgehead atoms. The lowest BCUT2D eigenvalue weighted by atomic mass is 10.0. The molecule has 1 aliphatic rings. The molecule has 2 aromatic carbocycles. The van der Waals surface area contributed by atoms with Gasteiger partial charge in [-0.2, -0.15) is 10.1 Å². The SMILES string of the molecule is CN(C)C=C1C(=O)N(c2nc3ccccc3s2)N=C1c1cccc(Cl)c1. The van der Waals surface area contributed by atoms with Crippen LogP contribution in [0.15, 0.2) is 65.4 Å². The van der Waals surface area contributed by atoms with Gasteiger partial charge in [0.2, 0.25) is 5.13 Å². The van der Waals surface area contributed by atoms with Gasteiger partial charge in [0.25, 0.3) is 5.91 Å². The second-order valence-corrected chi connectivity index (χ2v) is 7.49. The first-order valence-corrected chi connectivity index (χ1v) is 9.15. The van der Waals surface area contributed by atoms with Gasteiger partial charge in [0.1, 0.15) is 5.71 Å². The van der Waals surface area contributed by atoms with Gasteiger partial charge in [0.05, 0.1) is 15.8 Å². The second kappa shape index (κ2) is 6.55. The molecule has 0 radical (unpaired) electrons. The van der Waals surface area contributed by atoms with Crippen LogP contribution in [0, 0.1) is 0 Å². The molecule has 0 spiro atoms. The van der Waals surface area contributed by atoms with Gasteiger partial charge in [0, 0.05) is 30.9 Å². The van der Waals surface area contributed by atoms with E-state index in [0.29, 0.717) is 21.4 Å². The quantitative estimate of drug-likeness (QED) is 0.639. The third-order valence-electron chi connectivity index (χ3n) is 3.83. The average molecular weight is 383 g/mol. The number of para-hydroxylation sites is 1. The number of rotatable bonds is 3. The van der Waals surface area contributed by atoms with Crippen LogP contribution in [0.3, 0.4) is 0 Å². The normalized spacial score (nSPS) is 15.8. The van der Waals surface area contributed by atoms with Crippen LogP contribution >= 0.6 is 22.9 Å². The van der Waals surface area contributed by atoms with Crippen molar-refractivity contribution in [1.82, 2.24) is 9.88 Å². The second-order valence-electron chi connectivity index (χ2n) is 6.05. The van der Waals surface area contributed by atoms with E-state index in [9.17, 15) is 4.79 Å². The topological polar surface area (TPSA) is 48.8 Å². The lowest BCUT2D eigenvalue weighted by Gasteiger charge is -2.09. The number of halogens is 1. The van der Waals surface area contributed by atoms with E-state index in [1.807, 2.05) is 55.4 Å². The number of fused-ring (bicyclic) bond motifs is 1. The molecule has 2 heterocycles. The minimum absolute atomic E-state index is 0.201. The number of carbonyl (C=O) groups excluding carboxylic acids is 1. The highest BCUT2D eigenvalue weighted by molar-refractivity contribution is 7.22. The summed E-state index contributed by atoms with van der Waals surface area (Å²) in [6, 6.07) is 15.1. The molecule has 7 heteroatoms. The Balaban J connectivity index is 1.84. The van der Waals surface area contributed by atoms with Crippen LogP contribution in [0.4, 0.5) is 5.13 Å². The molecule has 0 saturated heterocycles. The van der Waals surface area contributed by atoms with Gasteiger partial charge >= 0.3 is 0 Å². The van der Waals surface area contributed by atoms with E-state index in [-0.39, 0.29) is 5.91 Å². The molecule has 1 aromatic heterocycles. The number of nitrogens with zero attached hydrogens (tertiary/aromatic N) is 4. The van der Waals surface area contributed by atoms with E-state index in [1.165, 1.54) is 16.3 Å². The van der Waals surface area contributed by atoms with Crippen molar-refractivity contribution in [3.8, 4) is 0 Å². The van der Waals surface area contributed by atoms with E-state index in [2.05, 4.69) is 10.1 Å². The summed E-state index contributed by atoms with van der Waals surface area (Å²) in [6.07, 6.45) is 1.77. The van der Waals surface area contributed by atoms with Crippen molar-refractivity contribution >= 4 is 49.9 Å². The van der Waals surface area contributed by atoms with E-state index in [1.54, 1.807) is 18.3 Å². The minimum Gasteiger partial charge on any atom is -0.383 e. The average Bonchev–Trinajstić information content (AvgIpc) is 3.16. The maximum atomic E-state index is 13.0. The van der Waals surface area contributed by atoms with Crippen LogP contribution in [-0.2, 0) is 4.79 Å². The number of anilines is 1. The van der Waals surface area contributed by atoms with Gasteiger partial charge in [-0.05, 0) is 24.3 Å². The van der Waals surface area contributed by atoms with Crippen LogP contribution in [0.5, 0.6) is 0 Å². The first kappa shape index (κ1) is 16.8. The van der Waals surface area contributed by atoms with Crippen LogP contribution in [0.1, 0.15) is 5.56 Å². The molecule has 26 heavy (non-hydrogen) atoms. The highest BCUT2D eigenvalue weighted by atomic mass is 35.5. The Labute approximate surface area is 159 Å². The minimum atomic E-state index is -0.201. The smallest absolute Gasteiger partial charge is 0.284 e. The molecule has 1 amide bonds. The molecule has 3 aromatic rings. The zero-order valence-electron chi connectivity index (χ0n) is 14.2. The number of benzene rings is 2. The number of hydrazone groups is 1. The fourth-order valence-electron chi connectivity index (χ4n) is 2.72. The summed E-state index contributed by atoms with van der Waals surface area (Å²) >= 11 is 7.57. The van der Waals surface area contributed by atoms with Crippen LogP contribution in [-0.4, -0.2) is 35.6 Å². The fraction of sp³-hybridized carbons (Fsp3) is 0.105. The summed E-state index contributed by atoms with van der Waals surface area (Å²) in [7, 11) is 3.74. The molecule has 4 rings (SSSR count). The Bertz CT molecular complexity index is 1040. The van der Waals surface area contributed by atoms with Crippen molar-refractivity contribution < 1.29 is 4.79 Å². The Kier molecular flexibility index (Phi) is 4.22. The molecule has 0 saturated carbocycles. The van der Waals surface area contributed by atoms with E-state index in [4.69, 9.17) is 11.6 Å². The first-order valence-electron chi connectivity index (χ1n) is 7.96. The van der Waals surface area contributed by atoms with E-state index >= 15 is 0 Å². The lowest BCUT2D eigenvalue weighted by Crippen LogP contribution is -2.22. The lowest BCUT2D eigenvalue weighted by molar-refractivity contribution is -0.114. The Morgan fingerprint density at radius 2 is 1.96 bits per heavy atom. The number of hydrogen-bond acceptors (Lipinski definition) is 5. The molecule has 130 valence electrons. The van der Waals surface area contributed by atoms with Crippen molar-refractivity contribution in [2.45, 2.75) is 0 Å². The summed E-state index contributed by atoms with van der Waals surface area (Å²) < 4.78 is 1.01. The zero-order chi connectivity index (χ0) is 18.3.